The lowest BCUT2D eigenvalue weighted by molar-refractivity contribution is 0.0983. The number of amides is 1. The number of hydrogen-bond donors (Lipinski definition) is 0. The highest BCUT2D eigenvalue weighted by molar-refractivity contribution is 7.98. The monoisotopic (exact) mass is 452 g/mol. The molecule has 0 bridgehead atoms. The molecule has 0 fully saturated rings. The van der Waals surface area contributed by atoms with E-state index in [0.29, 0.717) is 29.6 Å². The highest BCUT2D eigenvalue weighted by Crippen LogP contribution is 2.33. The van der Waals surface area contributed by atoms with Crippen molar-refractivity contribution in [3.8, 4) is 5.75 Å². The highest BCUT2D eigenvalue weighted by atomic mass is 32.2. The molecular weight excluding hydrogens is 428 g/mol. The van der Waals surface area contributed by atoms with Crippen molar-refractivity contribution in [2.75, 3.05) is 17.8 Å². The minimum absolute atomic E-state index is 0.124. The van der Waals surface area contributed by atoms with Crippen molar-refractivity contribution in [3.63, 3.8) is 0 Å². The van der Waals surface area contributed by atoms with Crippen LogP contribution in [0.2, 0.25) is 0 Å². The zero-order chi connectivity index (χ0) is 21.6. The Morgan fingerprint density at radius 2 is 2.03 bits per heavy atom. The van der Waals surface area contributed by atoms with Crippen molar-refractivity contribution >= 4 is 44.4 Å². The van der Waals surface area contributed by atoms with E-state index in [2.05, 4.69) is 13.0 Å². The molecule has 31 heavy (non-hydrogen) atoms. The van der Waals surface area contributed by atoms with Crippen LogP contribution in [0.3, 0.4) is 0 Å². The molecule has 0 aliphatic heterocycles. The molecule has 0 saturated heterocycles. The van der Waals surface area contributed by atoms with E-state index in [1.807, 2.05) is 42.7 Å². The second-order valence-corrected chi connectivity index (χ2v) is 8.92. The molecule has 1 amide bonds. The Kier molecular flexibility index (Phi) is 6.94. The molecule has 0 radical (unpaired) electrons. The summed E-state index contributed by atoms with van der Waals surface area (Å²) in [6.07, 6.45) is 5.75. The van der Waals surface area contributed by atoms with Crippen LogP contribution >= 0.6 is 23.1 Å². The van der Waals surface area contributed by atoms with Crippen LogP contribution in [0.4, 0.5) is 5.13 Å². The van der Waals surface area contributed by atoms with Gasteiger partial charge in [0, 0.05) is 10.5 Å². The fourth-order valence-electron chi connectivity index (χ4n) is 3.10. The van der Waals surface area contributed by atoms with Crippen molar-refractivity contribution in [2.24, 2.45) is 0 Å². The number of aromatic nitrogens is 1. The molecular formula is C24H24N2O3S2. The number of fused-ring (bicyclic) bond motifs is 1. The van der Waals surface area contributed by atoms with Crippen molar-refractivity contribution in [3.05, 3.63) is 72.2 Å². The van der Waals surface area contributed by atoms with Gasteiger partial charge >= 0.3 is 0 Å². The minimum Gasteiger partial charge on any atom is -0.494 e. The molecule has 0 unspecified atom stereocenters. The highest BCUT2D eigenvalue weighted by Gasteiger charge is 2.23. The second kappa shape index (κ2) is 10.0. The molecule has 0 N–H and O–H groups in total. The molecule has 0 aliphatic rings. The molecule has 160 valence electrons. The number of benzene rings is 2. The van der Waals surface area contributed by atoms with Gasteiger partial charge in [-0.05, 0) is 67.3 Å². The van der Waals surface area contributed by atoms with E-state index in [9.17, 15) is 4.79 Å². The number of unbranched alkanes of at least 4 members (excludes halogenated alkanes) is 1. The lowest BCUT2D eigenvalue weighted by atomic mass is 10.2. The Hall–Kier alpha value is -2.77. The summed E-state index contributed by atoms with van der Waals surface area (Å²) in [5.74, 6) is 1.35. The number of ether oxygens (including phenoxy) is 1. The van der Waals surface area contributed by atoms with Gasteiger partial charge in [0.25, 0.3) is 5.91 Å². The van der Waals surface area contributed by atoms with Gasteiger partial charge in [-0.1, -0.05) is 24.7 Å². The summed E-state index contributed by atoms with van der Waals surface area (Å²) in [4.78, 5) is 21.0. The fraction of sp³-hybridized carbons (Fsp3) is 0.250. The van der Waals surface area contributed by atoms with Crippen LogP contribution in [0.5, 0.6) is 5.75 Å². The van der Waals surface area contributed by atoms with Gasteiger partial charge in [0.05, 0.1) is 29.6 Å². The molecule has 0 aliphatic carbocycles. The number of thiazole rings is 1. The van der Waals surface area contributed by atoms with Gasteiger partial charge in [0.1, 0.15) is 11.5 Å². The van der Waals surface area contributed by atoms with E-state index in [0.717, 1.165) is 28.8 Å². The Labute approximate surface area is 190 Å². The van der Waals surface area contributed by atoms with Crippen LogP contribution in [-0.4, -0.2) is 23.8 Å². The average molecular weight is 453 g/mol. The zero-order valence-electron chi connectivity index (χ0n) is 17.5. The van der Waals surface area contributed by atoms with Gasteiger partial charge in [-0.25, -0.2) is 4.98 Å². The SMILES string of the molecule is CCCCOc1ccc(C(=O)N(Cc2ccco2)c2nc3ccc(SC)cc3s2)cc1. The first-order valence-corrected chi connectivity index (χ1v) is 12.2. The molecule has 2 aromatic carbocycles. The molecule has 4 rings (SSSR count). The van der Waals surface area contributed by atoms with Gasteiger partial charge in [0.2, 0.25) is 0 Å². The predicted octanol–water partition coefficient (Wildman–Crippen LogP) is 6.64. The third-order valence-electron chi connectivity index (χ3n) is 4.82. The quantitative estimate of drug-likeness (QED) is 0.210. The van der Waals surface area contributed by atoms with Crippen LogP contribution < -0.4 is 9.64 Å². The summed E-state index contributed by atoms with van der Waals surface area (Å²) in [6.45, 7) is 3.12. The topological polar surface area (TPSA) is 55.6 Å². The van der Waals surface area contributed by atoms with Crippen molar-refractivity contribution in [1.82, 2.24) is 4.98 Å². The number of carbonyl (C=O) groups excluding carboxylic acids is 1. The summed E-state index contributed by atoms with van der Waals surface area (Å²) in [5.41, 5.74) is 1.47. The predicted molar refractivity (Wildman–Crippen MR) is 127 cm³/mol. The summed E-state index contributed by atoms with van der Waals surface area (Å²) in [5, 5.41) is 0.651. The number of carbonyl (C=O) groups is 1. The normalized spacial score (nSPS) is 11.0. The number of hydrogen-bond acceptors (Lipinski definition) is 6. The lowest BCUT2D eigenvalue weighted by Crippen LogP contribution is -2.30. The van der Waals surface area contributed by atoms with E-state index in [1.54, 1.807) is 35.1 Å². The first-order chi connectivity index (χ1) is 15.2. The maximum absolute atomic E-state index is 13.4. The van der Waals surface area contributed by atoms with Gasteiger partial charge in [0.15, 0.2) is 5.13 Å². The second-order valence-electron chi connectivity index (χ2n) is 7.03. The van der Waals surface area contributed by atoms with E-state index >= 15 is 0 Å². The third-order valence-corrected chi connectivity index (χ3v) is 6.59. The number of anilines is 1. The van der Waals surface area contributed by atoms with E-state index in [4.69, 9.17) is 14.1 Å². The first kappa shape index (κ1) is 21.5. The van der Waals surface area contributed by atoms with Gasteiger partial charge in [-0.2, -0.15) is 0 Å². The molecule has 5 nitrogen and oxygen atoms in total. The standard InChI is InChI=1S/C24H24N2O3S2/c1-3-4-13-28-18-9-7-17(8-10-18)23(27)26(16-19-6-5-14-29-19)24-25-21-12-11-20(30-2)15-22(21)31-24/h5-12,14-15H,3-4,13,16H2,1-2H3. The van der Waals surface area contributed by atoms with Crippen molar-refractivity contribution < 1.29 is 13.9 Å². The van der Waals surface area contributed by atoms with Crippen LogP contribution in [-0.2, 0) is 6.54 Å². The van der Waals surface area contributed by atoms with E-state index < -0.39 is 0 Å². The van der Waals surface area contributed by atoms with Crippen LogP contribution in [0, 0.1) is 0 Å². The van der Waals surface area contributed by atoms with Gasteiger partial charge < -0.3 is 9.15 Å². The number of nitrogens with zero attached hydrogens (tertiary/aromatic N) is 2. The Morgan fingerprint density at radius 3 is 2.74 bits per heavy atom. The number of thioether (sulfide) groups is 1. The Morgan fingerprint density at radius 1 is 1.19 bits per heavy atom. The van der Waals surface area contributed by atoms with Gasteiger partial charge in [-0.15, -0.1) is 11.8 Å². The summed E-state index contributed by atoms with van der Waals surface area (Å²) in [6, 6.07) is 17.1. The van der Waals surface area contributed by atoms with Crippen LogP contribution in [0.1, 0.15) is 35.9 Å². The van der Waals surface area contributed by atoms with Crippen molar-refractivity contribution in [2.45, 2.75) is 31.2 Å². The number of rotatable bonds is 9. The van der Waals surface area contributed by atoms with E-state index in [1.165, 1.54) is 16.2 Å². The van der Waals surface area contributed by atoms with E-state index in [-0.39, 0.29) is 5.91 Å². The summed E-state index contributed by atoms with van der Waals surface area (Å²) >= 11 is 3.20. The largest absolute Gasteiger partial charge is 0.494 e. The van der Waals surface area contributed by atoms with Crippen LogP contribution in [0.25, 0.3) is 10.2 Å². The average Bonchev–Trinajstić information content (AvgIpc) is 3.46. The Bertz CT molecular complexity index is 1140. The summed E-state index contributed by atoms with van der Waals surface area (Å²) in [7, 11) is 0. The third kappa shape index (κ3) is 5.11. The fourth-order valence-corrected chi connectivity index (χ4v) is 4.62. The Balaban J connectivity index is 1.62. The molecule has 0 saturated carbocycles. The molecule has 2 heterocycles. The molecule has 2 aromatic heterocycles. The van der Waals surface area contributed by atoms with Crippen molar-refractivity contribution in [1.29, 1.82) is 0 Å². The van der Waals surface area contributed by atoms with Crippen LogP contribution in [0.15, 0.2) is 70.2 Å². The number of furan rings is 1. The van der Waals surface area contributed by atoms with Gasteiger partial charge in [-0.3, -0.25) is 9.69 Å². The first-order valence-electron chi connectivity index (χ1n) is 10.2. The molecule has 0 atom stereocenters. The maximum atomic E-state index is 13.4. The summed E-state index contributed by atoms with van der Waals surface area (Å²) < 4.78 is 12.3. The molecule has 0 spiro atoms. The lowest BCUT2D eigenvalue weighted by Gasteiger charge is -2.19. The minimum atomic E-state index is -0.124. The smallest absolute Gasteiger partial charge is 0.260 e. The zero-order valence-corrected chi connectivity index (χ0v) is 19.2. The molecule has 4 aromatic rings. The molecule has 7 heteroatoms. The maximum Gasteiger partial charge on any atom is 0.260 e.